The number of halogens is 1. The minimum absolute atomic E-state index is 0.422. The fourth-order valence-electron chi connectivity index (χ4n) is 1.30. The Morgan fingerprint density at radius 2 is 2.28 bits per heavy atom. The molecule has 1 heterocycles. The lowest BCUT2D eigenvalue weighted by molar-refractivity contribution is 0.343. The van der Waals surface area contributed by atoms with Crippen LogP contribution in [0.1, 0.15) is 0 Å². The maximum Gasteiger partial charge on any atom is 0.222 e. The molecule has 0 saturated heterocycles. The summed E-state index contributed by atoms with van der Waals surface area (Å²) in [6.07, 6.45) is 0. The number of nitrogens with two attached hydrogens (primary N) is 1. The van der Waals surface area contributed by atoms with Crippen LogP contribution in [0.3, 0.4) is 0 Å². The number of nitrogens with zero attached hydrogens (tertiary/aromatic N) is 3. The van der Waals surface area contributed by atoms with Crippen molar-refractivity contribution in [2.45, 2.75) is 5.16 Å². The second-order valence-electron chi connectivity index (χ2n) is 3.55. The normalized spacial score (nSPS) is 10.6. The number of anilines is 1. The molecule has 2 N–H and O–H groups in total. The van der Waals surface area contributed by atoms with E-state index in [9.17, 15) is 0 Å². The fraction of sp³-hybridized carbons (Fsp3) is 0.273. The predicted molar refractivity (Wildman–Crippen MR) is 75.8 cm³/mol. The fourth-order valence-corrected chi connectivity index (χ4v) is 2.41. The molecule has 2 rings (SSSR count). The van der Waals surface area contributed by atoms with Gasteiger partial charge in [-0.1, -0.05) is 33.8 Å². The smallest absolute Gasteiger partial charge is 0.222 e. The van der Waals surface area contributed by atoms with E-state index in [0.717, 1.165) is 21.1 Å². The van der Waals surface area contributed by atoms with Crippen molar-refractivity contribution in [1.29, 1.82) is 0 Å². The van der Waals surface area contributed by atoms with Crippen LogP contribution < -0.4 is 10.5 Å². The molecular weight excluding hydrogens is 316 g/mol. The zero-order chi connectivity index (χ0) is 13.0. The summed E-state index contributed by atoms with van der Waals surface area (Å²) in [6.45, 7) is 0.605. The molecule has 0 saturated carbocycles. The number of thioether (sulfide) groups is 1. The Kier molecular flexibility index (Phi) is 4.48. The molecule has 0 aliphatic heterocycles. The van der Waals surface area contributed by atoms with Crippen LogP contribution in [0.25, 0.3) is 0 Å². The van der Waals surface area contributed by atoms with Gasteiger partial charge in [0.2, 0.25) is 5.95 Å². The third-order valence-corrected chi connectivity index (χ3v) is 3.73. The number of ether oxygens (including phenoxy) is 1. The number of nitrogen functional groups attached to an aromatic ring is 1. The first-order valence-corrected chi connectivity index (χ1v) is 7.10. The Labute approximate surface area is 118 Å². The molecule has 0 amide bonds. The van der Waals surface area contributed by atoms with Crippen molar-refractivity contribution in [3.63, 3.8) is 0 Å². The van der Waals surface area contributed by atoms with Crippen molar-refractivity contribution in [3.8, 4) is 5.75 Å². The van der Waals surface area contributed by atoms with Crippen molar-refractivity contribution in [2.24, 2.45) is 7.05 Å². The maximum absolute atomic E-state index is 5.62. The third-order valence-electron chi connectivity index (χ3n) is 2.25. The summed E-state index contributed by atoms with van der Waals surface area (Å²) in [7, 11) is 1.84. The average Bonchev–Trinajstić information content (AvgIpc) is 2.66. The Morgan fingerprint density at radius 3 is 2.94 bits per heavy atom. The maximum atomic E-state index is 5.62. The van der Waals surface area contributed by atoms with Crippen LogP contribution in [-0.2, 0) is 7.05 Å². The van der Waals surface area contributed by atoms with Crippen LogP contribution in [0.2, 0.25) is 0 Å². The molecule has 7 heteroatoms. The van der Waals surface area contributed by atoms with Crippen molar-refractivity contribution >= 4 is 33.6 Å². The van der Waals surface area contributed by atoms with E-state index in [0.29, 0.717) is 12.6 Å². The molecular formula is C11H13BrN4OS. The molecule has 0 radical (unpaired) electrons. The summed E-state index contributed by atoms with van der Waals surface area (Å²) in [5.74, 6) is 2.06. The highest BCUT2D eigenvalue weighted by molar-refractivity contribution is 9.10. The van der Waals surface area contributed by atoms with Crippen LogP contribution in [0.4, 0.5) is 5.95 Å². The van der Waals surface area contributed by atoms with E-state index in [1.807, 2.05) is 31.3 Å². The van der Waals surface area contributed by atoms with Gasteiger partial charge in [0.25, 0.3) is 0 Å². The summed E-state index contributed by atoms with van der Waals surface area (Å²) in [4.78, 5) is 0. The molecule has 0 bridgehead atoms. The van der Waals surface area contributed by atoms with E-state index in [-0.39, 0.29) is 0 Å². The summed E-state index contributed by atoms with van der Waals surface area (Å²) in [5.41, 5.74) is 5.59. The summed E-state index contributed by atoms with van der Waals surface area (Å²) < 4.78 is 8.38. The van der Waals surface area contributed by atoms with E-state index < -0.39 is 0 Å². The Hall–Kier alpha value is -1.21. The van der Waals surface area contributed by atoms with Gasteiger partial charge in [-0.3, -0.25) is 4.57 Å². The molecule has 0 spiro atoms. The summed E-state index contributed by atoms with van der Waals surface area (Å²) >= 11 is 4.96. The number of hydrogen-bond acceptors (Lipinski definition) is 5. The first kappa shape index (κ1) is 13.2. The first-order valence-electron chi connectivity index (χ1n) is 5.33. The van der Waals surface area contributed by atoms with E-state index >= 15 is 0 Å². The zero-order valence-corrected chi connectivity index (χ0v) is 12.2. The monoisotopic (exact) mass is 328 g/mol. The summed E-state index contributed by atoms with van der Waals surface area (Å²) in [5, 5.41) is 8.55. The molecule has 0 unspecified atom stereocenters. The third kappa shape index (κ3) is 3.39. The molecule has 0 fully saturated rings. The van der Waals surface area contributed by atoms with Gasteiger partial charge in [0, 0.05) is 17.3 Å². The molecule has 1 aromatic heterocycles. The van der Waals surface area contributed by atoms with Crippen molar-refractivity contribution in [1.82, 2.24) is 14.8 Å². The predicted octanol–water partition coefficient (Wildman–Crippen LogP) is 2.33. The van der Waals surface area contributed by atoms with Crippen molar-refractivity contribution < 1.29 is 4.74 Å². The van der Waals surface area contributed by atoms with Gasteiger partial charge in [-0.25, -0.2) is 0 Å². The quantitative estimate of drug-likeness (QED) is 0.674. The SMILES string of the molecule is Cn1c(N)nnc1SCCOc1cccc(Br)c1. The van der Waals surface area contributed by atoms with Gasteiger partial charge in [0.15, 0.2) is 5.16 Å². The number of benzene rings is 1. The van der Waals surface area contributed by atoms with Crippen LogP contribution >= 0.6 is 27.7 Å². The molecule has 0 atom stereocenters. The second kappa shape index (κ2) is 6.10. The minimum atomic E-state index is 0.422. The molecule has 0 aliphatic rings. The van der Waals surface area contributed by atoms with Crippen LogP contribution in [0.5, 0.6) is 5.75 Å². The standard InChI is InChI=1S/C11H13BrN4OS/c1-16-10(13)14-15-11(16)18-6-5-17-9-4-2-3-8(12)7-9/h2-4,7H,5-6H2,1H3,(H2,13,14). The highest BCUT2D eigenvalue weighted by Crippen LogP contribution is 2.19. The molecule has 5 nitrogen and oxygen atoms in total. The van der Waals surface area contributed by atoms with Gasteiger partial charge in [0.1, 0.15) is 5.75 Å². The van der Waals surface area contributed by atoms with Gasteiger partial charge in [-0.05, 0) is 18.2 Å². The second-order valence-corrected chi connectivity index (χ2v) is 5.53. The Balaban J connectivity index is 1.78. The minimum Gasteiger partial charge on any atom is -0.493 e. The zero-order valence-electron chi connectivity index (χ0n) is 9.84. The highest BCUT2D eigenvalue weighted by atomic mass is 79.9. The average molecular weight is 329 g/mol. The lowest BCUT2D eigenvalue weighted by Crippen LogP contribution is -2.02. The van der Waals surface area contributed by atoms with Crippen LogP contribution in [0.15, 0.2) is 33.9 Å². The largest absolute Gasteiger partial charge is 0.493 e. The van der Waals surface area contributed by atoms with Gasteiger partial charge in [0.05, 0.1) is 6.61 Å². The van der Waals surface area contributed by atoms with E-state index in [4.69, 9.17) is 10.5 Å². The van der Waals surface area contributed by atoms with E-state index in [2.05, 4.69) is 26.1 Å². The topological polar surface area (TPSA) is 66.0 Å². The number of hydrogen-bond donors (Lipinski definition) is 1. The Bertz CT molecular complexity index is 532. The van der Waals surface area contributed by atoms with Crippen molar-refractivity contribution in [2.75, 3.05) is 18.1 Å². The lowest BCUT2D eigenvalue weighted by Gasteiger charge is -2.06. The van der Waals surface area contributed by atoms with Gasteiger partial charge in [-0.2, -0.15) is 0 Å². The van der Waals surface area contributed by atoms with E-state index in [1.54, 1.807) is 16.3 Å². The molecule has 96 valence electrons. The molecule has 1 aromatic carbocycles. The van der Waals surface area contributed by atoms with Gasteiger partial charge in [-0.15, -0.1) is 10.2 Å². The lowest BCUT2D eigenvalue weighted by atomic mass is 10.3. The van der Waals surface area contributed by atoms with Crippen LogP contribution in [-0.4, -0.2) is 27.1 Å². The van der Waals surface area contributed by atoms with E-state index in [1.165, 1.54) is 0 Å². The van der Waals surface area contributed by atoms with Crippen molar-refractivity contribution in [3.05, 3.63) is 28.7 Å². The first-order chi connectivity index (χ1) is 8.66. The number of rotatable bonds is 5. The molecule has 2 aromatic rings. The molecule has 0 aliphatic carbocycles. The van der Waals surface area contributed by atoms with Gasteiger partial charge >= 0.3 is 0 Å². The molecule has 18 heavy (non-hydrogen) atoms. The number of aromatic nitrogens is 3. The van der Waals surface area contributed by atoms with Crippen LogP contribution in [0, 0.1) is 0 Å². The van der Waals surface area contributed by atoms with Gasteiger partial charge < -0.3 is 10.5 Å². The highest BCUT2D eigenvalue weighted by Gasteiger charge is 2.05. The summed E-state index contributed by atoms with van der Waals surface area (Å²) in [6, 6.07) is 7.76. The Morgan fingerprint density at radius 1 is 1.44 bits per heavy atom.